The van der Waals surface area contributed by atoms with Crippen LogP contribution in [-0.4, -0.2) is 10.3 Å². The lowest BCUT2D eigenvalue weighted by Gasteiger charge is -1.97. The topological polar surface area (TPSA) is 46.3 Å². The summed E-state index contributed by atoms with van der Waals surface area (Å²) in [5.74, 6) is 0.409. The predicted octanol–water partition coefficient (Wildman–Crippen LogP) is 1.88. The van der Waals surface area contributed by atoms with Gasteiger partial charge < -0.3 is 9.63 Å². The maximum absolute atomic E-state index is 13.0. The molecule has 1 N–H and O–H groups in total. The Hall–Kier alpha value is -1.68. The van der Waals surface area contributed by atoms with Gasteiger partial charge >= 0.3 is 0 Å². The molecular formula is C11H8FNO2. The third-order valence-corrected chi connectivity index (χ3v) is 2.70. The highest BCUT2D eigenvalue weighted by Crippen LogP contribution is 2.38. The zero-order chi connectivity index (χ0) is 10.4. The molecule has 2 aromatic rings. The smallest absolute Gasteiger partial charge is 0.171 e. The van der Waals surface area contributed by atoms with Gasteiger partial charge in [0, 0.05) is 17.5 Å². The van der Waals surface area contributed by atoms with Gasteiger partial charge in [-0.1, -0.05) is 5.16 Å². The summed E-state index contributed by atoms with van der Waals surface area (Å²) in [6, 6.07) is 4.57. The van der Waals surface area contributed by atoms with Gasteiger partial charge in [-0.25, -0.2) is 4.39 Å². The molecule has 0 radical (unpaired) electrons. The molecule has 0 atom stereocenters. The van der Waals surface area contributed by atoms with E-state index in [1.165, 1.54) is 12.1 Å². The minimum atomic E-state index is -0.252. The van der Waals surface area contributed by atoms with Crippen LogP contribution in [0, 0.1) is 5.82 Å². The van der Waals surface area contributed by atoms with Crippen molar-refractivity contribution in [3.05, 3.63) is 40.8 Å². The number of hydrogen-bond donors (Lipinski definition) is 1. The van der Waals surface area contributed by atoms with E-state index in [9.17, 15) is 4.39 Å². The van der Waals surface area contributed by atoms with Crippen molar-refractivity contribution in [3.8, 4) is 11.3 Å². The van der Waals surface area contributed by atoms with Crippen molar-refractivity contribution in [2.24, 2.45) is 0 Å². The summed E-state index contributed by atoms with van der Waals surface area (Å²) >= 11 is 0. The molecule has 3 nitrogen and oxygen atoms in total. The van der Waals surface area contributed by atoms with Crippen LogP contribution in [0.15, 0.2) is 22.7 Å². The zero-order valence-electron chi connectivity index (χ0n) is 7.83. The van der Waals surface area contributed by atoms with E-state index in [4.69, 9.17) is 9.63 Å². The largest absolute Gasteiger partial charge is 0.390 e. The molecule has 0 amide bonds. The number of aliphatic hydroxyl groups is 1. The summed E-state index contributed by atoms with van der Waals surface area (Å²) in [6.45, 7) is -0.144. The lowest BCUT2D eigenvalue weighted by Crippen LogP contribution is -1.90. The molecule has 0 fully saturated rings. The minimum Gasteiger partial charge on any atom is -0.390 e. The molecule has 0 bridgehead atoms. The van der Waals surface area contributed by atoms with Gasteiger partial charge in [-0.05, 0) is 23.8 Å². The molecular weight excluding hydrogens is 197 g/mol. The van der Waals surface area contributed by atoms with E-state index < -0.39 is 0 Å². The van der Waals surface area contributed by atoms with Crippen molar-refractivity contribution < 1.29 is 14.0 Å². The van der Waals surface area contributed by atoms with Gasteiger partial charge in [0.2, 0.25) is 0 Å². The third-order valence-electron chi connectivity index (χ3n) is 2.70. The summed E-state index contributed by atoms with van der Waals surface area (Å²) in [6.07, 6.45) is 0.585. The van der Waals surface area contributed by atoms with Crippen LogP contribution in [0.5, 0.6) is 0 Å². The van der Waals surface area contributed by atoms with Gasteiger partial charge in [0.05, 0.1) is 6.61 Å². The van der Waals surface area contributed by atoms with E-state index in [1.54, 1.807) is 6.07 Å². The van der Waals surface area contributed by atoms with Crippen molar-refractivity contribution in [2.45, 2.75) is 13.0 Å². The van der Waals surface area contributed by atoms with Crippen LogP contribution >= 0.6 is 0 Å². The minimum absolute atomic E-state index is 0.144. The summed E-state index contributed by atoms with van der Waals surface area (Å²) in [5, 5.41) is 12.8. The van der Waals surface area contributed by atoms with Gasteiger partial charge in [0.1, 0.15) is 11.5 Å². The van der Waals surface area contributed by atoms with Crippen molar-refractivity contribution in [2.75, 3.05) is 0 Å². The number of benzene rings is 1. The monoisotopic (exact) mass is 205 g/mol. The second kappa shape index (κ2) is 2.90. The Balaban J connectivity index is 2.20. The second-order valence-electron chi connectivity index (χ2n) is 3.57. The second-order valence-corrected chi connectivity index (χ2v) is 3.57. The molecule has 4 heteroatoms. The van der Waals surface area contributed by atoms with Crippen molar-refractivity contribution in [3.63, 3.8) is 0 Å². The van der Waals surface area contributed by atoms with Gasteiger partial charge in [-0.3, -0.25) is 0 Å². The lowest BCUT2D eigenvalue weighted by molar-refractivity contribution is 0.266. The zero-order valence-corrected chi connectivity index (χ0v) is 7.83. The molecule has 0 aliphatic heterocycles. The molecule has 76 valence electrons. The van der Waals surface area contributed by atoms with Crippen LogP contribution in [0.1, 0.15) is 16.8 Å². The molecule has 1 aliphatic rings. The molecule has 0 unspecified atom stereocenters. The Bertz CT molecular complexity index is 533. The van der Waals surface area contributed by atoms with Crippen molar-refractivity contribution in [1.29, 1.82) is 0 Å². The van der Waals surface area contributed by atoms with Gasteiger partial charge in [0.25, 0.3) is 0 Å². The average molecular weight is 205 g/mol. The molecule has 0 saturated heterocycles. The van der Waals surface area contributed by atoms with E-state index >= 15 is 0 Å². The molecule has 15 heavy (non-hydrogen) atoms. The number of rotatable bonds is 1. The maximum atomic E-state index is 13.0. The Labute approximate surface area is 85.1 Å². The highest BCUT2D eigenvalue weighted by molar-refractivity contribution is 5.72. The normalized spacial score (nSPS) is 12.7. The summed E-state index contributed by atoms with van der Waals surface area (Å²) < 4.78 is 18.1. The third kappa shape index (κ3) is 1.11. The average Bonchev–Trinajstić information content (AvgIpc) is 2.74. The van der Waals surface area contributed by atoms with E-state index in [2.05, 4.69) is 5.16 Å². The van der Waals surface area contributed by atoms with Crippen LogP contribution in [0.25, 0.3) is 11.3 Å². The molecule has 1 aromatic heterocycles. The first kappa shape index (κ1) is 8.61. The number of aliphatic hydroxyl groups excluding tert-OH is 1. The van der Waals surface area contributed by atoms with Gasteiger partial charge in [0.15, 0.2) is 5.76 Å². The number of hydrogen-bond acceptors (Lipinski definition) is 3. The molecule has 3 rings (SSSR count). The van der Waals surface area contributed by atoms with E-state index in [-0.39, 0.29) is 12.4 Å². The number of aromatic nitrogens is 1. The van der Waals surface area contributed by atoms with E-state index in [0.29, 0.717) is 17.9 Å². The molecule has 1 heterocycles. The van der Waals surface area contributed by atoms with Crippen LogP contribution in [0.4, 0.5) is 4.39 Å². The Morgan fingerprint density at radius 2 is 2.33 bits per heavy atom. The number of fused-ring (bicyclic) bond motifs is 3. The summed E-state index contributed by atoms with van der Waals surface area (Å²) in [7, 11) is 0. The standard InChI is InChI=1S/C11H8FNO2/c12-7-1-2-8-6(3-7)4-9-10(5-14)13-15-11(8)9/h1-3,14H,4-5H2. The number of halogens is 1. The fourth-order valence-corrected chi connectivity index (χ4v) is 1.98. The molecule has 0 saturated carbocycles. The highest BCUT2D eigenvalue weighted by atomic mass is 19.1. The molecule has 1 aliphatic carbocycles. The summed E-state index contributed by atoms with van der Waals surface area (Å²) in [4.78, 5) is 0. The fraction of sp³-hybridized carbons (Fsp3) is 0.182. The maximum Gasteiger partial charge on any atom is 0.171 e. The highest BCUT2D eigenvalue weighted by Gasteiger charge is 2.26. The molecule has 0 spiro atoms. The lowest BCUT2D eigenvalue weighted by atomic mass is 10.1. The quantitative estimate of drug-likeness (QED) is 0.659. The van der Waals surface area contributed by atoms with Crippen LogP contribution in [-0.2, 0) is 13.0 Å². The first-order chi connectivity index (χ1) is 7.29. The van der Waals surface area contributed by atoms with Gasteiger partial charge in [-0.15, -0.1) is 0 Å². The van der Waals surface area contributed by atoms with Crippen LogP contribution in [0.2, 0.25) is 0 Å². The Morgan fingerprint density at radius 3 is 3.13 bits per heavy atom. The van der Waals surface area contributed by atoms with Crippen LogP contribution in [0.3, 0.4) is 0 Å². The first-order valence-corrected chi connectivity index (χ1v) is 4.66. The fourth-order valence-electron chi connectivity index (χ4n) is 1.98. The van der Waals surface area contributed by atoms with Crippen molar-refractivity contribution in [1.82, 2.24) is 5.16 Å². The predicted molar refractivity (Wildman–Crippen MR) is 50.6 cm³/mol. The summed E-state index contributed by atoms with van der Waals surface area (Å²) in [5.41, 5.74) is 3.18. The first-order valence-electron chi connectivity index (χ1n) is 4.66. The van der Waals surface area contributed by atoms with Crippen LogP contribution < -0.4 is 0 Å². The van der Waals surface area contributed by atoms with E-state index in [1.807, 2.05) is 0 Å². The van der Waals surface area contributed by atoms with E-state index in [0.717, 1.165) is 16.7 Å². The van der Waals surface area contributed by atoms with Crippen molar-refractivity contribution >= 4 is 0 Å². The van der Waals surface area contributed by atoms with Gasteiger partial charge in [-0.2, -0.15) is 0 Å². The molecule has 1 aromatic carbocycles. The SMILES string of the molecule is OCc1noc2c1Cc1cc(F)ccc1-2. The Kier molecular flexibility index (Phi) is 1.67. The Morgan fingerprint density at radius 1 is 1.47 bits per heavy atom. The number of nitrogens with zero attached hydrogens (tertiary/aromatic N) is 1.